The predicted molar refractivity (Wildman–Crippen MR) is 76.0 cm³/mol. The van der Waals surface area contributed by atoms with E-state index in [-0.39, 0.29) is 17.9 Å². The molecule has 6 heteroatoms. The Morgan fingerprint density at radius 1 is 1.33 bits per heavy atom. The minimum Gasteiger partial charge on any atom is -0.465 e. The van der Waals surface area contributed by atoms with Crippen molar-refractivity contribution in [3.05, 3.63) is 0 Å². The number of nitrogens with zero attached hydrogens (tertiary/aromatic N) is 2. The van der Waals surface area contributed by atoms with E-state index in [0.717, 1.165) is 25.8 Å². The van der Waals surface area contributed by atoms with Crippen LogP contribution in [0.4, 0.5) is 4.79 Å². The van der Waals surface area contributed by atoms with E-state index in [9.17, 15) is 14.7 Å². The number of carbonyl (C=O) groups excluding carboxylic acids is 1. The van der Waals surface area contributed by atoms with Crippen LogP contribution < -0.4 is 0 Å². The molecular formula is C15H24N2O4. The van der Waals surface area contributed by atoms with Gasteiger partial charge in [0.2, 0.25) is 5.91 Å². The molecule has 1 saturated carbocycles. The number of ether oxygens (including phenoxy) is 1. The lowest BCUT2D eigenvalue weighted by Crippen LogP contribution is -2.54. The van der Waals surface area contributed by atoms with Gasteiger partial charge in [-0.05, 0) is 30.6 Å². The van der Waals surface area contributed by atoms with E-state index < -0.39 is 6.09 Å². The average Bonchev–Trinajstić information content (AvgIpc) is 2.92. The molecule has 2 amide bonds. The first kappa shape index (κ1) is 14.6. The van der Waals surface area contributed by atoms with E-state index in [1.165, 1.54) is 12.8 Å². The maximum atomic E-state index is 11.9. The second kappa shape index (κ2) is 5.83. The van der Waals surface area contributed by atoms with E-state index in [0.29, 0.717) is 32.2 Å². The van der Waals surface area contributed by atoms with Crippen molar-refractivity contribution in [2.24, 2.45) is 11.3 Å². The summed E-state index contributed by atoms with van der Waals surface area (Å²) in [6, 6.07) is 0. The molecule has 2 heterocycles. The van der Waals surface area contributed by atoms with Crippen LogP contribution in [-0.2, 0) is 9.53 Å². The minimum absolute atomic E-state index is 0.0788. The fraction of sp³-hybridized carbons (Fsp3) is 0.867. The quantitative estimate of drug-likeness (QED) is 0.836. The van der Waals surface area contributed by atoms with Crippen LogP contribution in [0.15, 0.2) is 0 Å². The van der Waals surface area contributed by atoms with Crippen LogP contribution >= 0.6 is 0 Å². The van der Waals surface area contributed by atoms with Crippen molar-refractivity contribution in [2.45, 2.75) is 32.1 Å². The zero-order valence-corrected chi connectivity index (χ0v) is 12.4. The third kappa shape index (κ3) is 2.86. The summed E-state index contributed by atoms with van der Waals surface area (Å²) < 4.78 is 5.19. The predicted octanol–water partition coefficient (Wildman–Crippen LogP) is 1.41. The van der Waals surface area contributed by atoms with Crippen molar-refractivity contribution < 1.29 is 19.4 Å². The molecule has 0 aromatic heterocycles. The van der Waals surface area contributed by atoms with Gasteiger partial charge in [-0.2, -0.15) is 0 Å². The number of hydrogen-bond acceptors (Lipinski definition) is 3. The van der Waals surface area contributed by atoms with Crippen LogP contribution in [0.1, 0.15) is 32.1 Å². The Bertz CT molecular complexity index is 420. The second-order valence-electron chi connectivity index (χ2n) is 6.65. The Morgan fingerprint density at radius 2 is 2.10 bits per heavy atom. The van der Waals surface area contributed by atoms with Crippen LogP contribution in [0.2, 0.25) is 0 Å². The summed E-state index contributed by atoms with van der Waals surface area (Å²) in [6.45, 7) is 3.50. The Labute approximate surface area is 125 Å². The molecule has 3 aliphatic rings. The highest BCUT2D eigenvalue weighted by Crippen LogP contribution is 2.48. The Kier molecular flexibility index (Phi) is 4.06. The number of amides is 2. The van der Waals surface area contributed by atoms with Gasteiger partial charge in [0.15, 0.2) is 0 Å². The Morgan fingerprint density at radius 3 is 2.76 bits per heavy atom. The number of rotatable bonds is 2. The van der Waals surface area contributed by atoms with E-state index in [2.05, 4.69) is 0 Å². The normalized spacial score (nSPS) is 29.1. The lowest BCUT2D eigenvalue weighted by atomic mass is 9.69. The summed E-state index contributed by atoms with van der Waals surface area (Å²) in [5, 5.41) is 9.28. The summed E-state index contributed by atoms with van der Waals surface area (Å²) >= 11 is 0. The summed E-state index contributed by atoms with van der Waals surface area (Å²) in [7, 11) is 0. The summed E-state index contributed by atoms with van der Waals surface area (Å²) in [4.78, 5) is 26.7. The lowest BCUT2D eigenvalue weighted by molar-refractivity contribution is -0.145. The van der Waals surface area contributed by atoms with E-state index >= 15 is 0 Å². The van der Waals surface area contributed by atoms with Crippen molar-refractivity contribution in [3.8, 4) is 0 Å². The van der Waals surface area contributed by atoms with Crippen molar-refractivity contribution in [3.63, 3.8) is 0 Å². The summed E-state index contributed by atoms with van der Waals surface area (Å²) in [6.07, 6.45) is 4.63. The molecule has 1 unspecified atom stereocenters. The molecule has 1 atom stereocenters. The highest BCUT2D eigenvalue weighted by atomic mass is 16.5. The van der Waals surface area contributed by atoms with E-state index in [1.807, 2.05) is 4.90 Å². The number of carboxylic acid groups (broad SMARTS) is 1. The molecule has 3 rings (SSSR count). The third-order valence-electron chi connectivity index (χ3n) is 5.51. The topological polar surface area (TPSA) is 70.1 Å². The number of hydrogen-bond donors (Lipinski definition) is 1. The minimum atomic E-state index is -0.804. The summed E-state index contributed by atoms with van der Waals surface area (Å²) in [5.41, 5.74) is 0.0925. The average molecular weight is 296 g/mol. The smallest absolute Gasteiger partial charge is 0.407 e. The first-order chi connectivity index (χ1) is 10.1. The highest BCUT2D eigenvalue weighted by molar-refractivity contribution is 5.78. The first-order valence-electron chi connectivity index (χ1n) is 7.94. The van der Waals surface area contributed by atoms with Gasteiger partial charge in [0.1, 0.15) is 6.61 Å². The van der Waals surface area contributed by atoms with Crippen LogP contribution in [0.5, 0.6) is 0 Å². The third-order valence-corrected chi connectivity index (χ3v) is 5.51. The molecular weight excluding hydrogens is 272 g/mol. The van der Waals surface area contributed by atoms with Crippen molar-refractivity contribution in [1.82, 2.24) is 9.80 Å². The SMILES string of the molecule is O=C(O)N1CCC(CN2CCOCC2=O)C2(CCCC2)C1. The van der Waals surface area contributed by atoms with Crippen LogP contribution in [0.25, 0.3) is 0 Å². The maximum absolute atomic E-state index is 11.9. The van der Waals surface area contributed by atoms with Crippen molar-refractivity contribution in [1.29, 1.82) is 0 Å². The molecule has 1 aliphatic carbocycles. The zero-order valence-electron chi connectivity index (χ0n) is 12.4. The maximum Gasteiger partial charge on any atom is 0.407 e. The number of morpholine rings is 1. The van der Waals surface area contributed by atoms with E-state index in [1.54, 1.807) is 4.90 Å². The van der Waals surface area contributed by atoms with Crippen LogP contribution in [0, 0.1) is 11.3 Å². The van der Waals surface area contributed by atoms with Gasteiger partial charge in [0.05, 0.1) is 6.61 Å². The van der Waals surface area contributed by atoms with Crippen LogP contribution in [-0.4, -0.2) is 66.3 Å². The van der Waals surface area contributed by atoms with Gasteiger partial charge >= 0.3 is 6.09 Å². The lowest BCUT2D eigenvalue weighted by Gasteiger charge is -2.47. The monoisotopic (exact) mass is 296 g/mol. The molecule has 2 saturated heterocycles. The van der Waals surface area contributed by atoms with Gasteiger partial charge in [0.25, 0.3) is 0 Å². The van der Waals surface area contributed by atoms with Gasteiger partial charge in [-0.15, -0.1) is 0 Å². The Hall–Kier alpha value is -1.30. The Balaban J connectivity index is 1.71. The number of piperidine rings is 1. The summed E-state index contributed by atoms with van der Waals surface area (Å²) in [5.74, 6) is 0.507. The van der Waals surface area contributed by atoms with Crippen molar-refractivity contribution >= 4 is 12.0 Å². The number of carbonyl (C=O) groups is 2. The first-order valence-corrected chi connectivity index (χ1v) is 7.94. The van der Waals surface area contributed by atoms with Crippen LogP contribution in [0.3, 0.4) is 0 Å². The second-order valence-corrected chi connectivity index (χ2v) is 6.65. The van der Waals surface area contributed by atoms with Gasteiger partial charge in [0, 0.05) is 26.2 Å². The van der Waals surface area contributed by atoms with Gasteiger partial charge in [-0.25, -0.2) is 4.79 Å². The van der Waals surface area contributed by atoms with Gasteiger partial charge in [-0.1, -0.05) is 12.8 Å². The fourth-order valence-corrected chi connectivity index (χ4v) is 4.31. The molecule has 1 spiro atoms. The molecule has 3 fully saturated rings. The zero-order chi connectivity index (χ0) is 14.9. The van der Waals surface area contributed by atoms with Crippen molar-refractivity contribution in [2.75, 3.05) is 39.4 Å². The number of likely N-dealkylation sites (tertiary alicyclic amines) is 1. The molecule has 21 heavy (non-hydrogen) atoms. The fourth-order valence-electron chi connectivity index (χ4n) is 4.31. The molecule has 0 radical (unpaired) electrons. The molecule has 0 aromatic carbocycles. The largest absolute Gasteiger partial charge is 0.465 e. The standard InChI is InChI=1S/C15H24N2O4/c18-13-10-21-8-7-16(13)9-12-3-6-17(14(19)20)11-15(12)4-1-2-5-15/h12H,1-11H2,(H,19,20). The van der Waals surface area contributed by atoms with Gasteiger partial charge < -0.3 is 19.6 Å². The molecule has 1 N–H and O–H groups in total. The van der Waals surface area contributed by atoms with Gasteiger partial charge in [-0.3, -0.25) is 4.79 Å². The molecule has 6 nitrogen and oxygen atoms in total. The molecule has 118 valence electrons. The molecule has 0 bridgehead atoms. The molecule has 0 aromatic rings. The van der Waals surface area contributed by atoms with E-state index in [4.69, 9.17) is 4.74 Å². The highest BCUT2D eigenvalue weighted by Gasteiger charge is 2.47. The molecule has 2 aliphatic heterocycles.